The van der Waals surface area contributed by atoms with Crippen LogP contribution >= 0.6 is 0 Å². The molecular weight excluding hydrogens is 267 g/mol. The topological polar surface area (TPSA) is 26.3 Å². The second-order valence-electron chi connectivity index (χ2n) is 5.50. The molecule has 0 amide bonds. The largest absolute Gasteiger partial charge is 0.494 e. The maximum Gasteiger partial charge on any atom is 0.165 e. The third-order valence-corrected chi connectivity index (χ3v) is 3.73. The van der Waals surface area contributed by atoms with Gasteiger partial charge in [0.15, 0.2) is 17.3 Å². The van der Waals surface area contributed by atoms with Crippen LogP contribution in [0.4, 0.5) is 4.39 Å². The third kappa shape index (κ3) is 6.74. The smallest absolute Gasteiger partial charge is 0.165 e. The van der Waals surface area contributed by atoms with Gasteiger partial charge in [0.1, 0.15) is 0 Å². The molecule has 118 valence electrons. The Morgan fingerprint density at radius 3 is 2.24 bits per heavy atom. The molecule has 0 saturated carbocycles. The van der Waals surface area contributed by atoms with E-state index in [0.29, 0.717) is 12.0 Å². The average Bonchev–Trinajstić information content (AvgIpc) is 2.49. The van der Waals surface area contributed by atoms with Gasteiger partial charge in [0, 0.05) is 12.0 Å². The van der Waals surface area contributed by atoms with Crippen molar-refractivity contribution in [3.8, 4) is 5.75 Å². The molecule has 0 spiro atoms. The zero-order valence-electron chi connectivity index (χ0n) is 13.3. The molecule has 2 nitrogen and oxygen atoms in total. The fourth-order valence-corrected chi connectivity index (χ4v) is 2.40. The van der Waals surface area contributed by atoms with Gasteiger partial charge < -0.3 is 4.74 Å². The first-order valence-corrected chi connectivity index (χ1v) is 8.05. The molecule has 0 aromatic heterocycles. The van der Waals surface area contributed by atoms with Crippen LogP contribution in [-0.4, -0.2) is 12.9 Å². The molecule has 0 aliphatic heterocycles. The summed E-state index contributed by atoms with van der Waals surface area (Å²) < 4.78 is 18.4. The van der Waals surface area contributed by atoms with Gasteiger partial charge in [-0.1, -0.05) is 51.9 Å². The summed E-state index contributed by atoms with van der Waals surface area (Å²) in [5.74, 6) is -0.277. The fourth-order valence-electron chi connectivity index (χ4n) is 2.40. The summed E-state index contributed by atoms with van der Waals surface area (Å²) in [5, 5.41) is 0. The third-order valence-electron chi connectivity index (χ3n) is 3.73. The van der Waals surface area contributed by atoms with Crippen LogP contribution < -0.4 is 4.74 Å². The highest BCUT2D eigenvalue weighted by Crippen LogP contribution is 2.19. The maximum absolute atomic E-state index is 13.5. The first-order chi connectivity index (χ1) is 10.2. The van der Waals surface area contributed by atoms with Crippen molar-refractivity contribution in [2.45, 2.75) is 64.7 Å². The molecule has 21 heavy (non-hydrogen) atoms. The first kappa shape index (κ1) is 17.7. The summed E-state index contributed by atoms with van der Waals surface area (Å²) in [6.45, 7) is 2.22. The van der Waals surface area contributed by atoms with Crippen molar-refractivity contribution >= 4 is 5.78 Å². The molecule has 0 atom stereocenters. The van der Waals surface area contributed by atoms with Gasteiger partial charge in [-0.3, -0.25) is 4.79 Å². The molecule has 0 heterocycles. The Labute approximate surface area is 127 Å². The Morgan fingerprint density at radius 1 is 1.05 bits per heavy atom. The fraction of sp³-hybridized carbons (Fsp3) is 0.611. The van der Waals surface area contributed by atoms with Gasteiger partial charge in [-0.25, -0.2) is 4.39 Å². The number of carbonyl (C=O) groups excluding carboxylic acids is 1. The number of halogens is 1. The zero-order valence-corrected chi connectivity index (χ0v) is 13.3. The minimum absolute atomic E-state index is 0.0162. The maximum atomic E-state index is 13.5. The number of Topliss-reactive ketones (excluding diaryl/α,β-unsaturated/α-hetero) is 1. The van der Waals surface area contributed by atoms with Crippen LogP contribution in [0.25, 0.3) is 0 Å². The van der Waals surface area contributed by atoms with E-state index in [2.05, 4.69) is 6.92 Å². The van der Waals surface area contributed by atoms with Gasteiger partial charge in [0.2, 0.25) is 0 Å². The Morgan fingerprint density at radius 2 is 1.67 bits per heavy atom. The molecule has 0 saturated heterocycles. The van der Waals surface area contributed by atoms with E-state index in [-0.39, 0.29) is 11.5 Å². The van der Waals surface area contributed by atoms with Gasteiger partial charge >= 0.3 is 0 Å². The quantitative estimate of drug-likeness (QED) is 0.395. The van der Waals surface area contributed by atoms with Gasteiger partial charge in [0.05, 0.1) is 7.11 Å². The van der Waals surface area contributed by atoms with Crippen molar-refractivity contribution in [3.63, 3.8) is 0 Å². The molecular formula is C18H27FO2. The second-order valence-corrected chi connectivity index (χ2v) is 5.50. The predicted molar refractivity (Wildman–Crippen MR) is 84.5 cm³/mol. The van der Waals surface area contributed by atoms with E-state index >= 15 is 0 Å². The minimum atomic E-state index is -0.473. The molecule has 0 unspecified atom stereocenters. The summed E-state index contributed by atoms with van der Waals surface area (Å²) in [5.41, 5.74) is 0.441. The van der Waals surface area contributed by atoms with E-state index in [4.69, 9.17) is 4.74 Å². The van der Waals surface area contributed by atoms with Gasteiger partial charge in [-0.15, -0.1) is 0 Å². The molecule has 0 N–H and O–H groups in total. The Bertz CT molecular complexity index is 429. The number of unbranched alkanes of at least 4 members (excludes halogenated alkanes) is 7. The standard InChI is InChI=1S/C18H27FO2/c1-3-4-5-6-7-8-9-10-11-17(20)15-12-13-18(21-2)16(19)14-15/h12-14H,3-11H2,1-2H3. The molecule has 0 radical (unpaired) electrons. The van der Waals surface area contributed by atoms with Crippen LogP contribution in [0.2, 0.25) is 0 Å². The zero-order chi connectivity index (χ0) is 15.5. The van der Waals surface area contributed by atoms with Crippen molar-refractivity contribution in [2.75, 3.05) is 7.11 Å². The molecule has 0 bridgehead atoms. The van der Waals surface area contributed by atoms with E-state index in [0.717, 1.165) is 12.8 Å². The molecule has 1 aromatic rings. The van der Waals surface area contributed by atoms with Crippen molar-refractivity contribution in [1.82, 2.24) is 0 Å². The summed E-state index contributed by atoms with van der Waals surface area (Å²) in [4.78, 5) is 12.0. The van der Waals surface area contributed by atoms with E-state index < -0.39 is 5.82 Å². The van der Waals surface area contributed by atoms with Gasteiger partial charge in [-0.2, -0.15) is 0 Å². The number of methoxy groups -OCH3 is 1. The summed E-state index contributed by atoms with van der Waals surface area (Å²) in [6, 6.07) is 4.41. The van der Waals surface area contributed by atoms with E-state index in [1.54, 1.807) is 6.07 Å². The number of ketones is 1. The molecule has 0 fully saturated rings. The van der Waals surface area contributed by atoms with Crippen LogP contribution in [0.1, 0.15) is 75.1 Å². The number of rotatable bonds is 11. The van der Waals surface area contributed by atoms with Crippen LogP contribution in [0, 0.1) is 5.82 Å². The lowest BCUT2D eigenvalue weighted by Gasteiger charge is -2.05. The number of ether oxygens (including phenoxy) is 1. The number of benzene rings is 1. The molecule has 0 aliphatic carbocycles. The van der Waals surface area contributed by atoms with Crippen LogP contribution in [0.15, 0.2) is 18.2 Å². The van der Waals surface area contributed by atoms with Crippen molar-refractivity contribution < 1.29 is 13.9 Å². The predicted octanol–water partition coefficient (Wildman–Crippen LogP) is 5.55. The average molecular weight is 294 g/mol. The van der Waals surface area contributed by atoms with Gasteiger partial charge in [-0.05, 0) is 24.6 Å². The van der Waals surface area contributed by atoms with Gasteiger partial charge in [0.25, 0.3) is 0 Å². The van der Waals surface area contributed by atoms with Crippen molar-refractivity contribution in [1.29, 1.82) is 0 Å². The lowest BCUT2D eigenvalue weighted by atomic mass is 10.0. The van der Waals surface area contributed by atoms with Crippen molar-refractivity contribution in [2.24, 2.45) is 0 Å². The SMILES string of the molecule is CCCCCCCCCCC(=O)c1ccc(OC)c(F)c1. The van der Waals surface area contributed by atoms with Crippen LogP contribution in [0.5, 0.6) is 5.75 Å². The normalized spacial score (nSPS) is 10.6. The van der Waals surface area contributed by atoms with Crippen molar-refractivity contribution in [3.05, 3.63) is 29.6 Å². The van der Waals surface area contributed by atoms with E-state index in [1.807, 2.05) is 0 Å². The molecule has 3 heteroatoms. The Kier molecular flexibility index (Phi) is 8.72. The number of hydrogen-bond donors (Lipinski definition) is 0. The second kappa shape index (κ2) is 10.4. The Balaban J connectivity index is 2.20. The summed E-state index contributed by atoms with van der Waals surface area (Å²) in [7, 11) is 1.42. The lowest BCUT2D eigenvalue weighted by Crippen LogP contribution is -2.00. The lowest BCUT2D eigenvalue weighted by molar-refractivity contribution is 0.0978. The summed E-state index contributed by atoms with van der Waals surface area (Å²) >= 11 is 0. The van der Waals surface area contributed by atoms with E-state index in [9.17, 15) is 9.18 Å². The first-order valence-electron chi connectivity index (χ1n) is 8.05. The highest BCUT2D eigenvalue weighted by Gasteiger charge is 2.09. The van der Waals surface area contributed by atoms with E-state index in [1.165, 1.54) is 57.8 Å². The molecule has 0 aliphatic rings. The van der Waals surface area contributed by atoms with Crippen LogP contribution in [-0.2, 0) is 0 Å². The molecule has 1 rings (SSSR count). The highest BCUT2D eigenvalue weighted by molar-refractivity contribution is 5.96. The Hall–Kier alpha value is -1.38. The monoisotopic (exact) mass is 294 g/mol. The van der Waals surface area contributed by atoms with Crippen LogP contribution in [0.3, 0.4) is 0 Å². The highest BCUT2D eigenvalue weighted by atomic mass is 19.1. The number of carbonyl (C=O) groups is 1. The summed E-state index contributed by atoms with van der Waals surface area (Å²) in [6.07, 6.45) is 10.1. The number of hydrogen-bond acceptors (Lipinski definition) is 2. The molecule has 1 aromatic carbocycles. The minimum Gasteiger partial charge on any atom is -0.494 e.